The van der Waals surface area contributed by atoms with Gasteiger partial charge in [-0.1, -0.05) is 50.1 Å². The standard InChI is InChI=1S/C27H37N3O6S/c1-5-7-13-28-27(32)23(6-2)29(18-21-10-8-9-20(3)16-21)26(31)19-30(37(4,33)34)22-11-12-24-25(17-22)36-15-14-35-24/h8-12,16-17,23H,5-7,13-15,18-19H2,1-4H3,(H,28,32)/t23-/m0/s1. The average molecular weight is 532 g/mol. The molecule has 0 unspecified atom stereocenters. The molecule has 202 valence electrons. The molecule has 9 nitrogen and oxygen atoms in total. The number of carbonyl (C=O) groups excluding carboxylic acids is 2. The van der Waals surface area contributed by atoms with Crippen molar-refractivity contribution in [3.8, 4) is 11.5 Å². The molecular weight excluding hydrogens is 494 g/mol. The fraction of sp³-hybridized carbons (Fsp3) is 0.481. The van der Waals surface area contributed by atoms with Gasteiger partial charge in [0.05, 0.1) is 11.9 Å². The van der Waals surface area contributed by atoms with Crippen LogP contribution in [0, 0.1) is 6.92 Å². The fourth-order valence-electron chi connectivity index (χ4n) is 4.23. The molecule has 0 radical (unpaired) electrons. The summed E-state index contributed by atoms with van der Waals surface area (Å²) in [6.07, 6.45) is 3.21. The number of carbonyl (C=O) groups is 2. The van der Waals surface area contributed by atoms with E-state index in [1.807, 2.05) is 45.0 Å². The number of ether oxygens (including phenoxy) is 2. The number of nitrogens with one attached hydrogen (secondary N) is 1. The Morgan fingerprint density at radius 3 is 2.43 bits per heavy atom. The van der Waals surface area contributed by atoms with Gasteiger partial charge in [-0.15, -0.1) is 0 Å². The van der Waals surface area contributed by atoms with Crippen molar-refractivity contribution in [2.75, 3.05) is 36.9 Å². The van der Waals surface area contributed by atoms with Crippen molar-refractivity contribution in [3.05, 3.63) is 53.6 Å². The van der Waals surface area contributed by atoms with Crippen LogP contribution in [0.5, 0.6) is 11.5 Å². The Labute approximate surface area is 219 Å². The molecule has 37 heavy (non-hydrogen) atoms. The molecule has 0 saturated heterocycles. The number of fused-ring (bicyclic) bond motifs is 1. The van der Waals surface area contributed by atoms with Gasteiger partial charge in [0.1, 0.15) is 25.8 Å². The molecule has 2 amide bonds. The molecular formula is C27H37N3O6S. The number of benzene rings is 2. The molecule has 1 heterocycles. The minimum Gasteiger partial charge on any atom is -0.486 e. The number of anilines is 1. The predicted octanol–water partition coefficient (Wildman–Crippen LogP) is 3.26. The summed E-state index contributed by atoms with van der Waals surface area (Å²) >= 11 is 0. The van der Waals surface area contributed by atoms with E-state index < -0.39 is 28.5 Å². The fourth-order valence-corrected chi connectivity index (χ4v) is 5.08. The molecule has 2 aromatic rings. The summed E-state index contributed by atoms with van der Waals surface area (Å²) in [5, 5.41) is 2.92. The summed E-state index contributed by atoms with van der Waals surface area (Å²) in [6, 6.07) is 11.7. The number of hydrogen-bond donors (Lipinski definition) is 1. The highest BCUT2D eigenvalue weighted by molar-refractivity contribution is 7.92. The molecule has 1 atom stereocenters. The van der Waals surface area contributed by atoms with Gasteiger partial charge in [-0.3, -0.25) is 13.9 Å². The molecule has 0 bridgehead atoms. The van der Waals surface area contributed by atoms with Crippen LogP contribution in [-0.2, 0) is 26.2 Å². The van der Waals surface area contributed by atoms with Crippen molar-refractivity contribution in [2.45, 2.75) is 52.6 Å². The molecule has 1 aliphatic heterocycles. The van der Waals surface area contributed by atoms with Crippen molar-refractivity contribution < 1.29 is 27.5 Å². The van der Waals surface area contributed by atoms with Crippen LogP contribution in [0.3, 0.4) is 0 Å². The number of aryl methyl sites for hydroxylation is 1. The molecule has 0 spiro atoms. The van der Waals surface area contributed by atoms with E-state index in [1.165, 1.54) is 4.90 Å². The third-order valence-electron chi connectivity index (χ3n) is 6.14. The zero-order valence-corrected chi connectivity index (χ0v) is 22.8. The maximum atomic E-state index is 13.8. The first-order chi connectivity index (χ1) is 17.6. The number of nitrogens with zero attached hydrogens (tertiary/aromatic N) is 2. The molecule has 0 saturated carbocycles. The molecule has 0 aromatic heterocycles. The zero-order valence-electron chi connectivity index (χ0n) is 22.0. The second-order valence-corrected chi connectivity index (χ2v) is 11.1. The number of amides is 2. The smallest absolute Gasteiger partial charge is 0.244 e. The van der Waals surface area contributed by atoms with Gasteiger partial charge in [0.2, 0.25) is 21.8 Å². The van der Waals surface area contributed by atoms with Crippen molar-refractivity contribution in [2.24, 2.45) is 0 Å². The molecule has 1 aliphatic rings. The van der Waals surface area contributed by atoms with E-state index in [0.717, 1.165) is 34.5 Å². The number of unbranched alkanes of at least 4 members (excludes halogenated alkanes) is 1. The maximum Gasteiger partial charge on any atom is 0.244 e. The molecule has 0 fully saturated rings. The van der Waals surface area contributed by atoms with Crippen LogP contribution in [0.2, 0.25) is 0 Å². The lowest BCUT2D eigenvalue weighted by atomic mass is 10.1. The molecule has 0 aliphatic carbocycles. The molecule has 3 rings (SSSR count). The van der Waals surface area contributed by atoms with E-state index in [4.69, 9.17) is 9.47 Å². The second kappa shape index (κ2) is 12.8. The Bertz CT molecular complexity index is 1200. The predicted molar refractivity (Wildman–Crippen MR) is 143 cm³/mol. The Morgan fingerprint density at radius 2 is 1.78 bits per heavy atom. The van der Waals surface area contributed by atoms with Crippen molar-refractivity contribution >= 4 is 27.5 Å². The van der Waals surface area contributed by atoms with Crippen LogP contribution in [0.1, 0.15) is 44.2 Å². The van der Waals surface area contributed by atoms with Gasteiger partial charge in [0.15, 0.2) is 11.5 Å². The van der Waals surface area contributed by atoms with Gasteiger partial charge in [-0.2, -0.15) is 0 Å². The first kappa shape index (κ1) is 28.3. The maximum absolute atomic E-state index is 13.8. The first-order valence-electron chi connectivity index (χ1n) is 12.6. The third kappa shape index (κ3) is 7.61. The normalized spacial score (nSPS) is 13.5. The summed E-state index contributed by atoms with van der Waals surface area (Å²) in [5.74, 6) is 0.218. The van der Waals surface area contributed by atoms with Crippen molar-refractivity contribution in [1.82, 2.24) is 10.2 Å². The van der Waals surface area contributed by atoms with Crippen LogP contribution >= 0.6 is 0 Å². The van der Waals surface area contributed by atoms with E-state index in [2.05, 4.69) is 5.32 Å². The summed E-state index contributed by atoms with van der Waals surface area (Å²) in [4.78, 5) is 28.3. The molecule has 10 heteroatoms. The highest BCUT2D eigenvalue weighted by atomic mass is 32.2. The summed E-state index contributed by atoms with van der Waals surface area (Å²) in [5.41, 5.74) is 2.17. The average Bonchev–Trinajstić information content (AvgIpc) is 2.86. The lowest BCUT2D eigenvalue weighted by Crippen LogP contribution is -2.52. The second-order valence-electron chi connectivity index (χ2n) is 9.18. The lowest BCUT2D eigenvalue weighted by Gasteiger charge is -2.33. The van der Waals surface area contributed by atoms with E-state index in [9.17, 15) is 18.0 Å². The first-order valence-corrected chi connectivity index (χ1v) is 14.5. The zero-order chi connectivity index (χ0) is 27.0. The molecule has 2 aromatic carbocycles. The van der Waals surface area contributed by atoms with Gasteiger partial charge < -0.3 is 19.7 Å². The van der Waals surface area contributed by atoms with E-state index in [0.29, 0.717) is 37.7 Å². The third-order valence-corrected chi connectivity index (χ3v) is 7.28. The van der Waals surface area contributed by atoms with Gasteiger partial charge in [0.25, 0.3) is 0 Å². The van der Waals surface area contributed by atoms with E-state index in [-0.39, 0.29) is 18.1 Å². The highest BCUT2D eigenvalue weighted by Gasteiger charge is 2.32. The number of rotatable bonds is 12. The molecule has 1 N–H and O–H groups in total. The van der Waals surface area contributed by atoms with Crippen LogP contribution in [0.25, 0.3) is 0 Å². The largest absolute Gasteiger partial charge is 0.486 e. The van der Waals surface area contributed by atoms with Crippen LogP contribution < -0.4 is 19.1 Å². The Hall–Kier alpha value is -3.27. The Balaban J connectivity index is 1.92. The van der Waals surface area contributed by atoms with Crippen LogP contribution in [0.15, 0.2) is 42.5 Å². The Kier molecular flexibility index (Phi) is 9.79. The van der Waals surface area contributed by atoms with Crippen molar-refractivity contribution in [1.29, 1.82) is 0 Å². The summed E-state index contributed by atoms with van der Waals surface area (Å²) in [6.45, 7) is 6.84. The van der Waals surface area contributed by atoms with E-state index >= 15 is 0 Å². The van der Waals surface area contributed by atoms with Gasteiger partial charge in [0, 0.05) is 19.2 Å². The van der Waals surface area contributed by atoms with Gasteiger partial charge >= 0.3 is 0 Å². The van der Waals surface area contributed by atoms with Gasteiger partial charge in [-0.05, 0) is 37.5 Å². The SMILES string of the molecule is CCCCNC(=O)[C@H](CC)N(Cc1cccc(C)c1)C(=O)CN(c1ccc2c(c1)OCCO2)S(C)(=O)=O. The van der Waals surface area contributed by atoms with Crippen LogP contribution in [0.4, 0.5) is 5.69 Å². The summed E-state index contributed by atoms with van der Waals surface area (Å²) in [7, 11) is -3.83. The Morgan fingerprint density at radius 1 is 1.05 bits per heavy atom. The number of hydrogen-bond acceptors (Lipinski definition) is 6. The topological polar surface area (TPSA) is 105 Å². The monoisotopic (exact) mass is 531 g/mol. The highest BCUT2D eigenvalue weighted by Crippen LogP contribution is 2.34. The van der Waals surface area contributed by atoms with Crippen molar-refractivity contribution in [3.63, 3.8) is 0 Å². The van der Waals surface area contributed by atoms with Crippen LogP contribution in [-0.4, -0.2) is 63.7 Å². The minimum absolute atomic E-state index is 0.180. The lowest BCUT2D eigenvalue weighted by molar-refractivity contribution is -0.140. The number of sulfonamides is 1. The minimum atomic E-state index is -3.83. The van der Waals surface area contributed by atoms with E-state index in [1.54, 1.807) is 18.2 Å². The quantitative estimate of drug-likeness (QED) is 0.422. The van der Waals surface area contributed by atoms with Gasteiger partial charge in [-0.25, -0.2) is 8.42 Å². The summed E-state index contributed by atoms with van der Waals surface area (Å²) < 4.78 is 37.8.